The van der Waals surface area contributed by atoms with Gasteiger partial charge in [-0.3, -0.25) is 0 Å². The Morgan fingerprint density at radius 1 is 1.32 bits per heavy atom. The summed E-state index contributed by atoms with van der Waals surface area (Å²) in [5, 5.41) is 15.3. The molecule has 0 heterocycles. The molecule has 4 nitrogen and oxygen atoms in total. The number of amides is 2. The fraction of sp³-hybridized carbons (Fsp3) is 0.562. The first-order valence-electron chi connectivity index (χ1n) is 7.20. The normalized spacial score (nSPS) is 12.8. The number of urea groups is 1. The van der Waals surface area contributed by atoms with Gasteiger partial charge in [0.2, 0.25) is 0 Å². The van der Waals surface area contributed by atoms with Gasteiger partial charge in [0, 0.05) is 18.8 Å². The van der Waals surface area contributed by atoms with Crippen LogP contribution in [0.15, 0.2) is 18.2 Å². The van der Waals surface area contributed by atoms with Crippen LogP contribution in [0, 0.1) is 11.2 Å². The van der Waals surface area contributed by atoms with Crippen LogP contribution >= 0.6 is 11.8 Å². The molecule has 1 aromatic rings. The fourth-order valence-electron chi connectivity index (χ4n) is 1.79. The number of rotatable bonds is 6. The number of nitrogens with one attached hydrogen (secondary N) is 2. The third-order valence-corrected chi connectivity index (χ3v) is 3.96. The minimum Gasteiger partial charge on any atom is -0.391 e. The second kappa shape index (κ2) is 8.39. The summed E-state index contributed by atoms with van der Waals surface area (Å²) < 4.78 is 13.3. The van der Waals surface area contributed by atoms with Crippen molar-refractivity contribution in [3.05, 3.63) is 35.1 Å². The van der Waals surface area contributed by atoms with Gasteiger partial charge in [-0.05, 0) is 34.9 Å². The lowest BCUT2D eigenvalue weighted by Gasteiger charge is -2.25. The number of hydrogen-bond acceptors (Lipinski definition) is 3. The lowest BCUT2D eigenvalue weighted by Crippen LogP contribution is -2.43. The predicted molar refractivity (Wildman–Crippen MR) is 89.3 cm³/mol. The molecule has 3 N–H and O–H groups in total. The molecule has 0 bridgehead atoms. The molecule has 22 heavy (non-hydrogen) atoms. The Morgan fingerprint density at radius 3 is 2.59 bits per heavy atom. The van der Waals surface area contributed by atoms with Gasteiger partial charge in [0.15, 0.2) is 0 Å². The average Bonchev–Trinajstić information content (AvgIpc) is 2.43. The summed E-state index contributed by atoms with van der Waals surface area (Å²) in [5.74, 6) is 0.421. The summed E-state index contributed by atoms with van der Waals surface area (Å²) in [6.07, 6.45) is 1.33. The third kappa shape index (κ3) is 6.23. The van der Waals surface area contributed by atoms with Gasteiger partial charge in [-0.25, -0.2) is 9.18 Å². The third-order valence-electron chi connectivity index (χ3n) is 3.36. The van der Waals surface area contributed by atoms with Gasteiger partial charge in [-0.15, -0.1) is 0 Å². The molecular weight excluding hydrogens is 303 g/mol. The van der Waals surface area contributed by atoms with Crippen molar-refractivity contribution in [1.29, 1.82) is 0 Å². The van der Waals surface area contributed by atoms with Crippen molar-refractivity contribution in [3.63, 3.8) is 0 Å². The van der Waals surface area contributed by atoms with E-state index >= 15 is 0 Å². The SMILES string of the molecule is CSCc1cc(F)ccc1CNC(=O)NCC(O)C(C)(C)C. The first-order chi connectivity index (χ1) is 10.2. The standard InChI is InChI=1S/C16H25FN2O2S/c1-16(2,3)14(20)9-19-15(21)18-8-11-5-6-13(17)7-12(11)10-22-4/h5-7,14,20H,8-10H2,1-4H3,(H2,18,19,21). The Bertz CT molecular complexity index is 503. The maximum absolute atomic E-state index is 13.3. The second-order valence-electron chi connectivity index (χ2n) is 6.29. The Morgan fingerprint density at radius 2 is 2.00 bits per heavy atom. The molecule has 0 aliphatic carbocycles. The monoisotopic (exact) mass is 328 g/mol. The lowest BCUT2D eigenvalue weighted by molar-refractivity contribution is 0.0650. The maximum atomic E-state index is 13.3. The molecular formula is C16H25FN2O2S. The van der Waals surface area contributed by atoms with Crippen molar-refractivity contribution in [1.82, 2.24) is 10.6 Å². The van der Waals surface area contributed by atoms with E-state index in [2.05, 4.69) is 10.6 Å². The van der Waals surface area contributed by atoms with Gasteiger partial charge in [-0.2, -0.15) is 11.8 Å². The van der Waals surface area contributed by atoms with E-state index in [1.807, 2.05) is 27.0 Å². The van der Waals surface area contributed by atoms with E-state index in [1.165, 1.54) is 12.1 Å². The van der Waals surface area contributed by atoms with Crippen LogP contribution in [0.2, 0.25) is 0 Å². The molecule has 1 aromatic carbocycles. The molecule has 0 radical (unpaired) electrons. The molecule has 124 valence electrons. The summed E-state index contributed by atoms with van der Waals surface area (Å²) in [7, 11) is 0. The van der Waals surface area contributed by atoms with Crippen LogP contribution in [0.25, 0.3) is 0 Å². The topological polar surface area (TPSA) is 61.4 Å². The van der Waals surface area contributed by atoms with Gasteiger partial charge in [-0.1, -0.05) is 26.8 Å². The highest BCUT2D eigenvalue weighted by atomic mass is 32.2. The van der Waals surface area contributed by atoms with Crippen molar-refractivity contribution in [2.45, 2.75) is 39.2 Å². The Labute approximate surface area is 135 Å². The van der Waals surface area contributed by atoms with E-state index in [0.717, 1.165) is 11.1 Å². The molecule has 1 unspecified atom stereocenters. The Kier molecular flexibility index (Phi) is 7.16. The van der Waals surface area contributed by atoms with Crippen LogP contribution in [-0.4, -0.2) is 30.0 Å². The molecule has 0 fully saturated rings. The zero-order valence-corrected chi connectivity index (χ0v) is 14.4. The van der Waals surface area contributed by atoms with Gasteiger partial charge >= 0.3 is 6.03 Å². The van der Waals surface area contributed by atoms with Crippen LogP contribution in [0.4, 0.5) is 9.18 Å². The van der Waals surface area contributed by atoms with Crippen molar-refractivity contribution in [3.8, 4) is 0 Å². The van der Waals surface area contributed by atoms with Crippen LogP contribution in [-0.2, 0) is 12.3 Å². The minimum atomic E-state index is -0.615. The minimum absolute atomic E-state index is 0.191. The second-order valence-corrected chi connectivity index (χ2v) is 7.16. The zero-order valence-electron chi connectivity index (χ0n) is 13.6. The van der Waals surface area contributed by atoms with E-state index in [0.29, 0.717) is 12.3 Å². The van der Waals surface area contributed by atoms with E-state index in [1.54, 1.807) is 17.8 Å². The summed E-state index contributed by atoms with van der Waals surface area (Å²) in [4.78, 5) is 11.8. The average molecular weight is 328 g/mol. The number of thioether (sulfide) groups is 1. The number of carbonyl (C=O) groups is 1. The zero-order chi connectivity index (χ0) is 16.8. The first-order valence-corrected chi connectivity index (χ1v) is 8.59. The summed E-state index contributed by atoms with van der Waals surface area (Å²) in [6.45, 7) is 6.24. The van der Waals surface area contributed by atoms with Gasteiger partial charge in [0.1, 0.15) is 5.82 Å². The Balaban J connectivity index is 2.51. The van der Waals surface area contributed by atoms with Crippen LogP contribution < -0.4 is 10.6 Å². The Hall–Kier alpha value is -1.27. The van der Waals surface area contributed by atoms with Gasteiger partial charge < -0.3 is 15.7 Å². The number of halogens is 1. The highest BCUT2D eigenvalue weighted by Crippen LogP contribution is 2.18. The molecule has 1 rings (SSSR count). The highest BCUT2D eigenvalue weighted by molar-refractivity contribution is 7.97. The van der Waals surface area contributed by atoms with Crippen LogP contribution in [0.1, 0.15) is 31.9 Å². The molecule has 0 aliphatic rings. The number of hydrogen-bond donors (Lipinski definition) is 3. The summed E-state index contributed by atoms with van der Waals surface area (Å²) in [5.41, 5.74) is 1.49. The van der Waals surface area contributed by atoms with Crippen molar-refractivity contribution >= 4 is 17.8 Å². The van der Waals surface area contributed by atoms with Crippen molar-refractivity contribution < 1.29 is 14.3 Å². The molecule has 0 saturated heterocycles. The molecule has 0 aromatic heterocycles. The lowest BCUT2D eigenvalue weighted by atomic mass is 9.89. The van der Waals surface area contributed by atoms with E-state index in [9.17, 15) is 14.3 Å². The summed E-state index contributed by atoms with van der Waals surface area (Å²) in [6, 6.07) is 4.23. The number of aliphatic hydroxyl groups excluding tert-OH is 1. The molecule has 0 aliphatic heterocycles. The largest absolute Gasteiger partial charge is 0.391 e. The molecule has 0 saturated carbocycles. The fourth-order valence-corrected chi connectivity index (χ4v) is 2.37. The summed E-state index contributed by atoms with van der Waals surface area (Å²) >= 11 is 1.60. The molecule has 2 amide bonds. The van der Waals surface area contributed by atoms with E-state index < -0.39 is 6.10 Å². The van der Waals surface area contributed by atoms with E-state index in [-0.39, 0.29) is 23.8 Å². The molecule has 0 spiro atoms. The highest BCUT2D eigenvalue weighted by Gasteiger charge is 2.22. The van der Waals surface area contributed by atoms with Crippen LogP contribution in [0.5, 0.6) is 0 Å². The van der Waals surface area contributed by atoms with Gasteiger partial charge in [0.25, 0.3) is 0 Å². The van der Waals surface area contributed by atoms with Crippen molar-refractivity contribution in [2.75, 3.05) is 12.8 Å². The van der Waals surface area contributed by atoms with E-state index in [4.69, 9.17) is 0 Å². The molecule has 1 atom stereocenters. The van der Waals surface area contributed by atoms with Crippen molar-refractivity contribution in [2.24, 2.45) is 5.41 Å². The number of benzene rings is 1. The maximum Gasteiger partial charge on any atom is 0.315 e. The first kappa shape index (κ1) is 18.8. The smallest absolute Gasteiger partial charge is 0.315 e. The van der Waals surface area contributed by atoms with Crippen LogP contribution in [0.3, 0.4) is 0 Å². The predicted octanol–water partition coefficient (Wildman–Crippen LogP) is 2.89. The number of aliphatic hydroxyl groups is 1. The number of carbonyl (C=O) groups excluding carboxylic acids is 1. The van der Waals surface area contributed by atoms with Gasteiger partial charge in [0.05, 0.1) is 6.10 Å². The quantitative estimate of drug-likeness (QED) is 0.752. The molecule has 6 heteroatoms.